The van der Waals surface area contributed by atoms with Gasteiger partial charge < -0.3 is 19.7 Å². The summed E-state index contributed by atoms with van der Waals surface area (Å²) in [6.07, 6.45) is 3.11. The molecule has 7 nitrogen and oxygen atoms in total. The zero-order valence-electron chi connectivity index (χ0n) is 22.1. The molecule has 1 fully saturated rings. The molecular formula is C31H34N6O. The van der Waals surface area contributed by atoms with Crippen LogP contribution in [-0.2, 0) is 13.0 Å². The van der Waals surface area contributed by atoms with Crippen molar-refractivity contribution in [1.29, 1.82) is 5.26 Å². The molecule has 1 amide bonds. The molecule has 7 heteroatoms. The van der Waals surface area contributed by atoms with Gasteiger partial charge >= 0.3 is 0 Å². The maximum absolute atomic E-state index is 12.1. The van der Waals surface area contributed by atoms with Gasteiger partial charge in [0.25, 0.3) is 5.91 Å². The maximum Gasteiger partial charge on any atom is 0.253 e. The van der Waals surface area contributed by atoms with Gasteiger partial charge in [0.05, 0.1) is 29.2 Å². The molecular weight excluding hydrogens is 472 g/mol. The summed E-state index contributed by atoms with van der Waals surface area (Å²) in [7, 11) is 3.56. The van der Waals surface area contributed by atoms with Gasteiger partial charge in [0.2, 0.25) is 5.95 Å². The van der Waals surface area contributed by atoms with Crippen LogP contribution in [0.2, 0.25) is 0 Å². The number of imidazole rings is 1. The van der Waals surface area contributed by atoms with E-state index in [1.54, 1.807) is 19.0 Å². The molecule has 1 aliphatic heterocycles. The van der Waals surface area contributed by atoms with Crippen LogP contribution < -0.4 is 5.32 Å². The first-order valence-electron chi connectivity index (χ1n) is 13.2. The molecule has 2 heterocycles. The van der Waals surface area contributed by atoms with Crippen LogP contribution in [0.15, 0.2) is 72.8 Å². The van der Waals surface area contributed by atoms with Crippen molar-refractivity contribution in [2.45, 2.75) is 31.8 Å². The Morgan fingerprint density at radius 1 is 1.00 bits per heavy atom. The number of fused-ring (bicyclic) bond motifs is 1. The summed E-state index contributed by atoms with van der Waals surface area (Å²) in [6.45, 7) is 3.81. The Morgan fingerprint density at radius 2 is 1.68 bits per heavy atom. The Bertz CT molecular complexity index is 1420. The van der Waals surface area contributed by atoms with Gasteiger partial charge in [-0.2, -0.15) is 5.26 Å². The van der Waals surface area contributed by atoms with Crippen LogP contribution in [0.3, 0.4) is 0 Å². The number of benzene rings is 3. The molecule has 0 aliphatic carbocycles. The summed E-state index contributed by atoms with van der Waals surface area (Å²) in [4.78, 5) is 21.2. The number of piperidine rings is 1. The number of amides is 1. The number of anilines is 1. The van der Waals surface area contributed by atoms with Crippen LogP contribution in [0.4, 0.5) is 5.95 Å². The van der Waals surface area contributed by atoms with E-state index in [4.69, 9.17) is 10.2 Å². The molecule has 0 spiro atoms. The number of para-hydroxylation sites is 2. The number of rotatable bonds is 8. The van der Waals surface area contributed by atoms with Crippen LogP contribution in [0.25, 0.3) is 11.0 Å². The average molecular weight is 507 g/mol. The first-order valence-corrected chi connectivity index (χ1v) is 13.2. The van der Waals surface area contributed by atoms with E-state index in [0.717, 1.165) is 67.0 Å². The third-order valence-corrected chi connectivity index (χ3v) is 7.32. The molecule has 1 aromatic heterocycles. The van der Waals surface area contributed by atoms with Crippen LogP contribution in [0.1, 0.15) is 39.9 Å². The molecule has 1 saturated heterocycles. The Hall–Kier alpha value is -4.15. The Labute approximate surface area is 224 Å². The van der Waals surface area contributed by atoms with Crippen LogP contribution in [0.5, 0.6) is 0 Å². The molecule has 194 valence electrons. The predicted molar refractivity (Wildman–Crippen MR) is 151 cm³/mol. The Balaban J connectivity index is 1.18. The van der Waals surface area contributed by atoms with Gasteiger partial charge in [0, 0.05) is 45.3 Å². The van der Waals surface area contributed by atoms with E-state index >= 15 is 0 Å². The minimum atomic E-state index is 0.0385. The summed E-state index contributed by atoms with van der Waals surface area (Å²) in [5, 5.41) is 12.9. The van der Waals surface area contributed by atoms with Gasteiger partial charge in [-0.15, -0.1) is 0 Å². The van der Waals surface area contributed by atoms with Crippen molar-refractivity contribution in [2.24, 2.45) is 0 Å². The quantitative estimate of drug-likeness (QED) is 0.372. The number of carbonyl (C=O) groups is 1. The topological polar surface area (TPSA) is 77.2 Å². The number of hydrogen-bond acceptors (Lipinski definition) is 5. The van der Waals surface area contributed by atoms with E-state index in [1.807, 2.05) is 42.5 Å². The van der Waals surface area contributed by atoms with Crippen molar-refractivity contribution in [2.75, 3.05) is 39.0 Å². The third kappa shape index (κ3) is 5.87. The van der Waals surface area contributed by atoms with Crippen molar-refractivity contribution in [1.82, 2.24) is 19.4 Å². The lowest BCUT2D eigenvalue weighted by Crippen LogP contribution is -2.40. The normalized spacial score (nSPS) is 14.3. The summed E-state index contributed by atoms with van der Waals surface area (Å²) >= 11 is 0. The summed E-state index contributed by atoms with van der Waals surface area (Å²) in [5.74, 6) is 0.943. The van der Waals surface area contributed by atoms with Gasteiger partial charge in [-0.25, -0.2) is 4.98 Å². The van der Waals surface area contributed by atoms with E-state index in [9.17, 15) is 4.79 Å². The zero-order chi connectivity index (χ0) is 26.5. The van der Waals surface area contributed by atoms with Crippen LogP contribution in [0, 0.1) is 11.3 Å². The molecule has 38 heavy (non-hydrogen) atoms. The first kappa shape index (κ1) is 25.5. The number of nitrogens with zero attached hydrogens (tertiary/aromatic N) is 5. The lowest BCUT2D eigenvalue weighted by Gasteiger charge is -2.32. The second-order valence-electron chi connectivity index (χ2n) is 10.2. The number of aromatic nitrogens is 2. The molecule has 3 aromatic carbocycles. The molecule has 0 saturated carbocycles. The number of hydrogen-bond donors (Lipinski definition) is 1. The SMILES string of the molecule is CN(C)C(=O)c1ccc(CCN2CCC(Nc3nc4ccccc4n3Cc3ccc(C#N)cc3)CC2)cc1. The van der Waals surface area contributed by atoms with Crippen molar-refractivity contribution in [3.8, 4) is 6.07 Å². The number of nitriles is 1. The fraction of sp³-hybridized carbons (Fsp3) is 0.323. The molecule has 0 unspecified atom stereocenters. The summed E-state index contributed by atoms with van der Waals surface area (Å²) < 4.78 is 2.24. The predicted octanol–water partition coefficient (Wildman–Crippen LogP) is 4.78. The van der Waals surface area contributed by atoms with Gasteiger partial charge in [0.1, 0.15) is 0 Å². The van der Waals surface area contributed by atoms with E-state index in [2.05, 4.69) is 51.2 Å². The fourth-order valence-corrected chi connectivity index (χ4v) is 5.06. The minimum Gasteiger partial charge on any atom is -0.353 e. The van der Waals surface area contributed by atoms with Crippen LogP contribution in [-0.4, -0.2) is 65.0 Å². The van der Waals surface area contributed by atoms with Gasteiger partial charge in [-0.3, -0.25) is 4.79 Å². The van der Waals surface area contributed by atoms with E-state index < -0.39 is 0 Å². The fourth-order valence-electron chi connectivity index (χ4n) is 5.06. The summed E-state index contributed by atoms with van der Waals surface area (Å²) in [5.41, 5.74) is 5.90. The molecule has 0 bridgehead atoms. The minimum absolute atomic E-state index is 0.0385. The highest BCUT2D eigenvalue weighted by atomic mass is 16.2. The lowest BCUT2D eigenvalue weighted by atomic mass is 10.0. The molecule has 0 radical (unpaired) electrons. The van der Waals surface area contributed by atoms with Gasteiger partial charge in [-0.05, 0) is 66.8 Å². The Kier molecular flexibility index (Phi) is 7.71. The highest BCUT2D eigenvalue weighted by Gasteiger charge is 2.21. The zero-order valence-corrected chi connectivity index (χ0v) is 22.1. The lowest BCUT2D eigenvalue weighted by molar-refractivity contribution is 0.0827. The smallest absolute Gasteiger partial charge is 0.253 e. The van der Waals surface area contributed by atoms with Crippen molar-refractivity contribution < 1.29 is 4.79 Å². The summed E-state index contributed by atoms with van der Waals surface area (Å²) in [6, 6.07) is 26.6. The van der Waals surface area contributed by atoms with Crippen molar-refractivity contribution >= 4 is 22.9 Å². The number of nitrogens with one attached hydrogen (secondary N) is 1. The van der Waals surface area contributed by atoms with Gasteiger partial charge in [0.15, 0.2) is 0 Å². The Morgan fingerprint density at radius 3 is 2.37 bits per heavy atom. The molecule has 1 N–H and O–H groups in total. The first-order chi connectivity index (χ1) is 18.5. The van der Waals surface area contributed by atoms with E-state index in [-0.39, 0.29) is 5.91 Å². The van der Waals surface area contributed by atoms with E-state index in [1.165, 1.54) is 5.56 Å². The van der Waals surface area contributed by atoms with E-state index in [0.29, 0.717) is 18.2 Å². The number of likely N-dealkylation sites (tertiary alicyclic amines) is 1. The highest BCUT2D eigenvalue weighted by molar-refractivity contribution is 5.93. The molecule has 1 aliphatic rings. The van der Waals surface area contributed by atoms with Crippen LogP contribution >= 0.6 is 0 Å². The monoisotopic (exact) mass is 506 g/mol. The van der Waals surface area contributed by atoms with Gasteiger partial charge in [-0.1, -0.05) is 36.4 Å². The second kappa shape index (κ2) is 11.5. The molecule has 4 aromatic rings. The highest BCUT2D eigenvalue weighted by Crippen LogP contribution is 2.24. The molecule has 0 atom stereocenters. The largest absolute Gasteiger partial charge is 0.353 e. The maximum atomic E-state index is 12.1. The number of carbonyl (C=O) groups excluding carboxylic acids is 1. The standard InChI is InChI=1S/C31H34N6O/c1-35(2)30(38)26-13-11-23(12-14-26)15-18-36-19-16-27(17-20-36)33-31-34-28-5-3-4-6-29(28)37(31)22-25-9-7-24(21-32)8-10-25/h3-14,27H,15-20,22H2,1-2H3,(H,33,34). The van der Waals surface area contributed by atoms with Crippen molar-refractivity contribution in [3.05, 3.63) is 95.1 Å². The molecule has 5 rings (SSSR count). The van der Waals surface area contributed by atoms with Crippen molar-refractivity contribution in [3.63, 3.8) is 0 Å². The third-order valence-electron chi connectivity index (χ3n) is 7.32. The average Bonchev–Trinajstić information content (AvgIpc) is 3.29. The second-order valence-corrected chi connectivity index (χ2v) is 10.2.